The minimum atomic E-state index is 0.0372. The number of nitrogens with one attached hydrogen (secondary N) is 2. The maximum Gasteiger partial charge on any atom is 0.239 e. The monoisotopic (exact) mass is 470 g/mol. The number of aromatic nitrogens is 4. The third kappa shape index (κ3) is 3.92. The van der Waals surface area contributed by atoms with Gasteiger partial charge in [-0.1, -0.05) is 19.9 Å². The van der Waals surface area contributed by atoms with Crippen LogP contribution in [0, 0.1) is 6.92 Å². The van der Waals surface area contributed by atoms with E-state index in [0.717, 1.165) is 67.8 Å². The molecule has 5 heterocycles. The Hall–Kier alpha value is -3.19. The van der Waals surface area contributed by atoms with Crippen LogP contribution in [-0.2, 0) is 4.79 Å². The molecular formula is C28H34N6O. The summed E-state index contributed by atoms with van der Waals surface area (Å²) in [6.07, 6.45) is 7.82. The molecule has 6 rings (SSSR count). The van der Waals surface area contributed by atoms with Crippen LogP contribution in [-0.4, -0.2) is 56.1 Å². The Balaban J connectivity index is 1.30. The second-order valence-corrected chi connectivity index (χ2v) is 10.6. The average molecular weight is 471 g/mol. The molecule has 2 aliphatic rings. The standard InChI is InChI=1S/C28H34N6O/c1-17(2)25-22-14-20(19-8-11-33(12-9-19)28(35)24-5-4-10-29-24)6-7-23(22)32-26(25)21-13-18(3)27-30-16-31-34(27)15-21/h6-7,13-17,19,24,29,32H,4-5,8-12H2,1-3H3/t24-/m0/s1. The number of likely N-dealkylation sites (tertiary alicyclic amines) is 1. The molecular weight excluding hydrogens is 436 g/mol. The molecule has 2 N–H and O–H groups in total. The van der Waals surface area contributed by atoms with Crippen molar-refractivity contribution in [3.8, 4) is 11.3 Å². The number of aryl methyl sites for hydroxylation is 1. The predicted octanol–water partition coefficient (Wildman–Crippen LogP) is 4.77. The highest BCUT2D eigenvalue weighted by molar-refractivity contribution is 5.92. The molecule has 1 amide bonds. The van der Waals surface area contributed by atoms with Crippen LogP contribution in [0.5, 0.6) is 0 Å². The molecule has 2 fully saturated rings. The minimum absolute atomic E-state index is 0.0372. The lowest BCUT2D eigenvalue weighted by Crippen LogP contribution is -2.46. The lowest BCUT2D eigenvalue weighted by molar-refractivity contribution is -0.134. The smallest absolute Gasteiger partial charge is 0.239 e. The molecule has 2 aliphatic heterocycles. The van der Waals surface area contributed by atoms with Gasteiger partial charge in [0.05, 0.1) is 11.7 Å². The lowest BCUT2D eigenvalue weighted by atomic mass is 9.87. The van der Waals surface area contributed by atoms with Crippen molar-refractivity contribution in [2.45, 2.75) is 64.3 Å². The van der Waals surface area contributed by atoms with Gasteiger partial charge in [0.1, 0.15) is 6.33 Å². The molecule has 182 valence electrons. The van der Waals surface area contributed by atoms with Gasteiger partial charge in [0.25, 0.3) is 0 Å². The summed E-state index contributed by atoms with van der Waals surface area (Å²) in [7, 11) is 0. The van der Waals surface area contributed by atoms with Crippen LogP contribution < -0.4 is 5.32 Å². The third-order valence-electron chi connectivity index (χ3n) is 7.92. The summed E-state index contributed by atoms with van der Waals surface area (Å²) in [5.41, 5.74) is 8.21. The zero-order valence-electron chi connectivity index (χ0n) is 20.8. The molecule has 0 unspecified atom stereocenters. The number of hydrogen-bond acceptors (Lipinski definition) is 4. The normalized spacial score (nSPS) is 19.4. The van der Waals surface area contributed by atoms with Crippen molar-refractivity contribution in [3.63, 3.8) is 0 Å². The van der Waals surface area contributed by atoms with E-state index in [4.69, 9.17) is 0 Å². The second kappa shape index (κ2) is 8.79. The van der Waals surface area contributed by atoms with Crippen LogP contribution in [0.15, 0.2) is 36.8 Å². The number of nitrogens with zero attached hydrogens (tertiary/aromatic N) is 4. The summed E-state index contributed by atoms with van der Waals surface area (Å²) in [6, 6.07) is 9.15. The van der Waals surface area contributed by atoms with Gasteiger partial charge in [-0.05, 0) is 85.9 Å². The topological polar surface area (TPSA) is 78.3 Å². The summed E-state index contributed by atoms with van der Waals surface area (Å²) in [5, 5.41) is 9.03. The average Bonchev–Trinajstić information content (AvgIpc) is 3.62. The Morgan fingerprint density at radius 2 is 1.97 bits per heavy atom. The van der Waals surface area contributed by atoms with Crippen LogP contribution in [0.4, 0.5) is 0 Å². The van der Waals surface area contributed by atoms with Gasteiger partial charge in [-0.3, -0.25) is 4.79 Å². The maximum absolute atomic E-state index is 12.8. The minimum Gasteiger partial charge on any atom is -0.354 e. The summed E-state index contributed by atoms with van der Waals surface area (Å²) in [6.45, 7) is 9.29. The fourth-order valence-corrected chi connectivity index (χ4v) is 6.09. The van der Waals surface area contributed by atoms with E-state index in [2.05, 4.69) is 76.5 Å². The highest BCUT2D eigenvalue weighted by Gasteiger charge is 2.30. The van der Waals surface area contributed by atoms with Gasteiger partial charge in [0.2, 0.25) is 5.91 Å². The zero-order chi connectivity index (χ0) is 24.1. The van der Waals surface area contributed by atoms with Gasteiger partial charge < -0.3 is 15.2 Å². The number of fused-ring (bicyclic) bond motifs is 2. The molecule has 0 spiro atoms. The van der Waals surface area contributed by atoms with Crippen LogP contribution >= 0.6 is 0 Å². The fraction of sp³-hybridized carbons (Fsp3) is 0.464. The Labute approximate surface area is 205 Å². The van der Waals surface area contributed by atoms with E-state index in [1.54, 1.807) is 6.33 Å². The highest BCUT2D eigenvalue weighted by atomic mass is 16.2. The molecule has 0 radical (unpaired) electrons. The Kier molecular flexibility index (Phi) is 5.60. The third-order valence-corrected chi connectivity index (χ3v) is 7.92. The number of carbonyl (C=O) groups excluding carboxylic acids is 1. The van der Waals surface area contributed by atoms with Crippen molar-refractivity contribution >= 4 is 22.5 Å². The van der Waals surface area contributed by atoms with Gasteiger partial charge in [-0.2, -0.15) is 5.10 Å². The first-order valence-corrected chi connectivity index (χ1v) is 13.0. The summed E-state index contributed by atoms with van der Waals surface area (Å²) >= 11 is 0. The SMILES string of the molecule is Cc1cc(-c2[nH]c3ccc(C4CCN(C(=O)[C@@H]5CCCN5)CC4)cc3c2C(C)C)cn2ncnc12. The Bertz CT molecular complexity index is 1390. The predicted molar refractivity (Wildman–Crippen MR) is 139 cm³/mol. The Morgan fingerprint density at radius 1 is 1.14 bits per heavy atom. The van der Waals surface area contributed by atoms with Crippen LogP contribution in [0.1, 0.15) is 68.1 Å². The number of pyridine rings is 1. The van der Waals surface area contributed by atoms with E-state index in [9.17, 15) is 4.79 Å². The van der Waals surface area contributed by atoms with Crippen molar-refractivity contribution in [1.29, 1.82) is 0 Å². The summed E-state index contributed by atoms with van der Waals surface area (Å²) in [5.74, 6) is 1.17. The molecule has 2 saturated heterocycles. The molecule has 4 aromatic rings. The molecule has 35 heavy (non-hydrogen) atoms. The van der Waals surface area contributed by atoms with Crippen LogP contribution in [0.2, 0.25) is 0 Å². The number of benzene rings is 1. The number of carbonyl (C=O) groups is 1. The van der Waals surface area contributed by atoms with Gasteiger partial charge in [-0.25, -0.2) is 9.50 Å². The molecule has 0 bridgehead atoms. The largest absolute Gasteiger partial charge is 0.354 e. The van der Waals surface area contributed by atoms with Gasteiger partial charge in [0.15, 0.2) is 5.65 Å². The quantitative estimate of drug-likeness (QED) is 0.450. The number of rotatable bonds is 4. The number of aromatic amines is 1. The molecule has 0 saturated carbocycles. The van der Waals surface area contributed by atoms with Crippen LogP contribution in [0.25, 0.3) is 27.8 Å². The highest BCUT2D eigenvalue weighted by Crippen LogP contribution is 2.38. The van der Waals surface area contributed by atoms with Crippen molar-refractivity contribution < 1.29 is 4.79 Å². The molecule has 7 nitrogen and oxygen atoms in total. The van der Waals surface area contributed by atoms with E-state index in [1.165, 1.54) is 22.0 Å². The molecule has 0 aliphatic carbocycles. The Morgan fingerprint density at radius 3 is 2.71 bits per heavy atom. The fourth-order valence-electron chi connectivity index (χ4n) is 6.09. The van der Waals surface area contributed by atoms with E-state index in [-0.39, 0.29) is 6.04 Å². The van der Waals surface area contributed by atoms with Gasteiger partial charge >= 0.3 is 0 Å². The van der Waals surface area contributed by atoms with Crippen molar-refractivity contribution in [2.75, 3.05) is 19.6 Å². The number of amides is 1. The second-order valence-electron chi connectivity index (χ2n) is 10.6. The van der Waals surface area contributed by atoms with Crippen molar-refractivity contribution in [1.82, 2.24) is 29.8 Å². The van der Waals surface area contributed by atoms with Gasteiger partial charge in [-0.15, -0.1) is 0 Å². The van der Waals surface area contributed by atoms with Crippen molar-refractivity contribution in [2.24, 2.45) is 0 Å². The lowest BCUT2D eigenvalue weighted by Gasteiger charge is -2.34. The van der Waals surface area contributed by atoms with E-state index >= 15 is 0 Å². The molecule has 7 heteroatoms. The first-order valence-electron chi connectivity index (χ1n) is 13.0. The first-order chi connectivity index (χ1) is 17.0. The van der Waals surface area contributed by atoms with E-state index < -0.39 is 0 Å². The van der Waals surface area contributed by atoms with Gasteiger partial charge in [0, 0.05) is 35.8 Å². The van der Waals surface area contributed by atoms with E-state index in [0.29, 0.717) is 17.7 Å². The van der Waals surface area contributed by atoms with E-state index in [1.807, 2.05) is 4.52 Å². The molecule has 3 aromatic heterocycles. The first kappa shape index (κ1) is 22.3. The van der Waals surface area contributed by atoms with Crippen LogP contribution in [0.3, 0.4) is 0 Å². The van der Waals surface area contributed by atoms with Crippen molar-refractivity contribution in [3.05, 3.63) is 53.5 Å². The number of hydrogen-bond donors (Lipinski definition) is 2. The zero-order valence-corrected chi connectivity index (χ0v) is 20.8. The maximum atomic E-state index is 12.8. The summed E-state index contributed by atoms with van der Waals surface area (Å²) < 4.78 is 1.86. The number of H-pyrrole nitrogens is 1. The molecule has 1 atom stereocenters. The summed E-state index contributed by atoms with van der Waals surface area (Å²) in [4.78, 5) is 23.0. The number of piperidine rings is 1. The molecule has 1 aromatic carbocycles.